The van der Waals surface area contributed by atoms with Crippen LogP contribution < -0.4 is 0 Å². The van der Waals surface area contributed by atoms with Crippen LogP contribution >= 0.6 is 0 Å². The van der Waals surface area contributed by atoms with Crippen LogP contribution in [-0.4, -0.2) is 16.1 Å². The van der Waals surface area contributed by atoms with Crippen molar-refractivity contribution in [2.45, 2.75) is 0 Å². The van der Waals surface area contributed by atoms with Gasteiger partial charge in [0.05, 0.1) is 5.56 Å². The van der Waals surface area contributed by atoms with Crippen LogP contribution in [0.3, 0.4) is 0 Å². The Labute approximate surface area is 72.8 Å². The van der Waals surface area contributed by atoms with Gasteiger partial charge >= 0.3 is 5.97 Å². The zero-order valence-electron chi connectivity index (χ0n) is 6.54. The summed E-state index contributed by atoms with van der Waals surface area (Å²) in [6, 6.07) is 4.23. The maximum absolute atomic E-state index is 12.9. The average Bonchev–Trinajstić information content (AvgIpc) is 2.47. The van der Waals surface area contributed by atoms with Crippen LogP contribution in [0.5, 0.6) is 0 Å². The van der Waals surface area contributed by atoms with E-state index in [0.29, 0.717) is 10.9 Å². The number of carbonyl (C=O) groups is 1. The second-order valence-corrected chi connectivity index (χ2v) is 2.70. The molecule has 0 saturated heterocycles. The molecule has 0 radical (unpaired) electrons. The van der Waals surface area contributed by atoms with Gasteiger partial charge < -0.3 is 10.1 Å². The van der Waals surface area contributed by atoms with E-state index < -0.39 is 5.97 Å². The molecule has 0 atom stereocenters. The van der Waals surface area contributed by atoms with E-state index in [4.69, 9.17) is 5.11 Å². The van der Waals surface area contributed by atoms with Crippen LogP contribution in [0.2, 0.25) is 0 Å². The van der Waals surface area contributed by atoms with Gasteiger partial charge in [-0.3, -0.25) is 0 Å². The Bertz CT molecular complexity index is 475. The zero-order chi connectivity index (χ0) is 9.42. The molecule has 2 rings (SSSR count). The third kappa shape index (κ3) is 1.16. The molecule has 13 heavy (non-hydrogen) atoms. The minimum Gasteiger partial charge on any atom is -0.478 e. The molecule has 2 N–H and O–H groups in total. The highest BCUT2D eigenvalue weighted by molar-refractivity contribution is 5.93. The highest BCUT2D eigenvalue weighted by Crippen LogP contribution is 2.17. The van der Waals surface area contributed by atoms with Gasteiger partial charge in [-0.25, -0.2) is 9.18 Å². The molecular formula is C9H6FNO2. The fourth-order valence-corrected chi connectivity index (χ4v) is 1.22. The van der Waals surface area contributed by atoms with Crippen LogP contribution in [0.1, 0.15) is 10.4 Å². The van der Waals surface area contributed by atoms with Crippen LogP contribution in [-0.2, 0) is 0 Å². The first-order chi connectivity index (χ1) is 6.18. The molecule has 0 spiro atoms. The summed E-state index contributed by atoms with van der Waals surface area (Å²) in [5.74, 6) is -1.39. The molecule has 0 bridgehead atoms. The summed E-state index contributed by atoms with van der Waals surface area (Å²) in [5.41, 5.74) is 0.645. The van der Waals surface area contributed by atoms with Crippen LogP contribution in [0.25, 0.3) is 10.9 Å². The molecular weight excluding hydrogens is 173 g/mol. The van der Waals surface area contributed by atoms with E-state index >= 15 is 0 Å². The van der Waals surface area contributed by atoms with E-state index in [1.54, 1.807) is 0 Å². The second-order valence-electron chi connectivity index (χ2n) is 2.70. The molecule has 0 fully saturated rings. The van der Waals surface area contributed by atoms with Crippen molar-refractivity contribution in [3.8, 4) is 0 Å². The van der Waals surface area contributed by atoms with Gasteiger partial charge in [-0.1, -0.05) is 0 Å². The molecule has 3 nitrogen and oxygen atoms in total. The van der Waals surface area contributed by atoms with Gasteiger partial charge in [0.15, 0.2) is 0 Å². The summed E-state index contributed by atoms with van der Waals surface area (Å²) in [5, 5.41) is 9.05. The van der Waals surface area contributed by atoms with E-state index in [-0.39, 0.29) is 11.4 Å². The SMILES string of the molecule is O=C(O)c1ccc2c(F)c[nH]c2c1. The number of benzene rings is 1. The normalized spacial score (nSPS) is 10.5. The molecule has 66 valence electrons. The number of aromatic carboxylic acids is 1. The maximum Gasteiger partial charge on any atom is 0.335 e. The summed E-state index contributed by atoms with van der Waals surface area (Å²) in [6.07, 6.45) is 1.20. The largest absolute Gasteiger partial charge is 0.478 e. The van der Waals surface area contributed by atoms with Gasteiger partial charge in [0.25, 0.3) is 0 Å². The molecule has 2 aromatic rings. The van der Waals surface area contributed by atoms with Gasteiger partial charge in [0.1, 0.15) is 5.82 Å². The molecule has 0 aliphatic carbocycles. The van der Waals surface area contributed by atoms with Crippen molar-refractivity contribution in [2.24, 2.45) is 0 Å². The van der Waals surface area contributed by atoms with Gasteiger partial charge in [0.2, 0.25) is 0 Å². The van der Waals surface area contributed by atoms with E-state index in [1.165, 1.54) is 24.4 Å². The van der Waals surface area contributed by atoms with E-state index in [0.717, 1.165) is 0 Å². The lowest BCUT2D eigenvalue weighted by molar-refractivity contribution is 0.0697. The minimum absolute atomic E-state index is 0.148. The number of H-pyrrole nitrogens is 1. The first-order valence-electron chi connectivity index (χ1n) is 3.68. The predicted molar refractivity (Wildman–Crippen MR) is 45.2 cm³/mol. The Morgan fingerprint density at radius 3 is 2.92 bits per heavy atom. The number of carboxylic acid groups (broad SMARTS) is 1. The maximum atomic E-state index is 12.9. The Kier molecular flexibility index (Phi) is 1.55. The fraction of sp³-hybridized carbons (Fsp3) is 0. The van der Waals surface area contributed by atoms with Crippen LogP contribution in [0.4, 0.5) is 4.39 Å². The molecule has 1 aromatic carbocycles. The number of fused-ring (bicyclic) bond motifs is 1. The summed E-state index contributed by atoms with van der Waals surface area (Å²) in [7, 11) is 0. The number of hydrogen-bond donors (Lipinski definition) is 2. The number of halogens is 1. The molecule has 0 saturated carbocycles. The number of hydrogen-bond acceptors (Lipinski definition) is 1. The minimum atomic E-state index is -1.02. The highest BCUT2D eigenvalue weighted by Gasteiger charge is 2.06. The number of aromatic nitrogens is 1. The van der Waals surface area contributed by atoms with Crippen molar-refractivity contribution in [2.75, 3.05) is 0 Å². The summed E-state index contributed by atoms with van der Waals surface area (Å²) in [6.45, 7) is 0. The molecule has 0 amide bonds. The van der Waals surface area contributed by atoms with Crippen molar-refractivity contribution in [1.82, 2.24) is 4.98 Å². The number of rotatable bonds is 1. The molecule has 0 unspecified atom stereocenters. The predicted octanol–water partition coefficient (Wildman–Crippen LogP) is 2.01. The second kappa shape index (κ2) is 2.58. The van der Waals surface area contributed by atoms with Crippen molar-refractivity contribution < 1.29 is 14.3 Å². The first-order valence-corrected chi connectivity index (χ1v) is 3.68. The van der Waals surface area contributed by atoms with Crippen molar-refractivity contribution in [1.29, 1.82) is 0 Å². The summed E-state index contributed by atoms with van der Waals surface area (Å²) in [4.78, 5) is 13.2. The van der Waals surface area contributed by atoms with E-state index in [1.807, 2.05) is 0 Å². The van der Waals surface area contributed by atoms with Crippen LogP contribution in [0, 0.1) is 5.82 Å². The molecule has 0 aliphatic heterocycles. The molecule has 0 aliphatic rings. The lowest BCUT2D eigenvalue weighted by atomic mass is 10.1. The highest BCUT2D eigenvalue weighted by atomic mass is 19.1. The smallest absolute Gasteiger partial charge is 0.335 e. The molecule has 1 heterocycles. The van der Waals surface area contributed by atoms with Gasteiger partial charge in [-0.15, -0.1) is 0 Å². The first kappa shape index (κ1) is 7.79. The van der Waals surface area contributed by atoms with E-state index in [9.17, 15) is 9.18 Å². The lowest BCUT2D eigenvalue weighted by Crippen LogP contribution is -1.94. The van der Waals surface area contributed by atoms with Gasteiger partial charge in [-0.2, -0.15) is 0 Å². The fourth-order valence-electron chi connectivity index (χ4n) is 1.22. The zero-order valence-corrected chi connectivity index (χ0v) is 6.54. The Hall–Kier alpha value is -1.84. The van der Waals surface area contributed by atoms with Crippen molar-refractivity contribution >= 4 is 16.9 Å². The molecule has 1 aromatic heterocycles. The molecule has 4 heteroatoms. The summed E-state index contributed by atoms with van der Waals surface area (Å²) < 4.78 is 12.9. The Morgan fingerprint density at radius 2 is 2.23 bits per heavy atom. The Balaban J connectivity index is 2.70. The Morgan fingerprint density at radius 1 is 1.46 bits per heavy atom. The quantitative estimate of drug-likeness (QED) is 0.703. The van der Waals surface area contributed by atoms with Crippen molar-refractivity contribution in [3.05, 3.63) is 35.8 Å². The van der Waals surface area contributed by atoms with Gasteiger partial charge in [0, 0.05) is 17.1 Å². The standard InChI is InChI=1S/C9H6FNO2/c10-7-4-11-8-3-5(9(12)13)1-2-6(7)8/h1-4,11H,(H,12,13). The third-order valence-electron chi connectivity index (χ3n) is 1.88. The number of aromatic amines is 1. The topological polar surface area (TPSA) is 53.1 Å². The lowest BCUT2D eigenvalue weighted by Gasteiger charge is -1.93. The monoisotopic (exact) mass is 179 g/mol. The third-order valence-corrected chi connectivity index (χ3v) is 1.88. The number of nitrogens with one attached hydrogen (secondary N) is 1. The van der Waals surface area contributed by atoms with E-state index in [2.05, 4.69) is 4.98 Å². The van der Waals surface area contributed by atoms with Crippen LogP contribution in [0.15, 0.2) is 24.4 Å². The summed E-state index contributed by atoms with van der Waals surface area (Å²) >= 11 is 0. The average molecular weight is 179 g/mol. The number of carboxylic acids is 1. The van der Waals surface area contributed by atoms with Gasteiger partial charge in [-0.05, 0) is 18.2 Å². The van der Waals surface area contributed by atoms with Crippen molar-refractivity contribution in [3.63, 3.8) is 0 Å².